The molecule has 4 bridgehead atoms. The molecule has 6 N–H and O–H groups in total. The summed E-state index contributed by atoms with van der Waals surface area (Å²) in [5, 5.41) is 36.6. The van der Waals surface area contributed by atoms with Gasteiger partial charge in [0.2, 0.25) is 0 Å². The van der Waals surface area contributed by atoms with Crippen molar-refractivity contribution >= 4 is 35.1 Å². The van der Waals surface area contributed by atoms with Crippen molar-refractivity contribution in [3.05, 3.63) is 88.2 Å². The summed E-state index contributed by atoms with van der Waals surface area (Å²) in [4.78, 5) is 41.6. The van der Waals surface area contributed by atoms with Crippen molar-refractivity contribution in [2.75, 3.05) is 33.1 Å². The second-order valence-corrected chi connectivity index (χ2v) is 15.6. The number of ether oxygens (including phenoxy) is 7. The molecule has 1 amide bonds. The van der Waals surface area contributed by atoms with Gasteiger partial charge in [-0.2, -0.15) is 0 Å². The third kappa shape index (κ3) is 7.94. The zero-order valence-corrected chi connectivity index (χ0v) is 33.9. The normalized spacial score (nSPS) is 29.9. The van der Waals surface area contributed by atoms with Gasteiger partial charge in [-0.1, -0.05) is 42.0 Å². The number of aromatic hydroxyl groups is 1. The molecule has 1 fully saturated rings. The van der Waals surface area contributed by atoms with Crippen molar-refractivity contribution in [1.82, 2.24) is 4.90 Å². The van der Waals surface area contributed by atoms with Gasteiger partial charge in [0.05, 0.1) is 47.0 Å². The lowest BCUT2D eigenvalue weighted by Crippen LogP contribution is -2.68. The summed E-state index contributed by atoms with van der Waals surface area (Å²) in [5.74, 6) is 8.83. The molecule has 8 atom stereocenters. The van der Waals surface area contributed by atoms with E-state index in [0.717, 1.165) is 0 Å². The number of allylic oxidation sites excluding steroid dienone is 3. The Hall–Kier alpha value is -5.82. The lowest BCUT2D eigenvalue weighted by molar-refractivity contribution is -0.329. The number of anilines is 1. The highest BCUT2D eigenvalue weighted by molar-refractivity contribution is 6.32. The minimum atomic E-state index is -1.80. The first-order valence-electron chi connectivity index (χ1n) is 18.6. The third-order valence-electron chi connectivity index (χ3n) is 10.5. The maximum absolute atomic E-state index is 14.1. The van der Waals surface area contributed by atoms with E-state index in [9.17, 15) is 29.7 Å². The molecule has 0 aromatic heterocycles. The van der Waals surface area contributed by atoms with Crippen LogP contribution in [-0.2, 0) is 28.5 Å². The van der Waals surface area contributed by atoms with Gasteiger partial charge in [0.15, 0.2) is 47.1 Å². The number of nitrogens with zero attached hydrogens (tertiary/aromatic N) is 1. The van der Waals surface area contributed by atoms with E-state index in [1.54, 1.807) is 51.1 Å². The molecule has 16 nitrogen and oxygen atoms in total. The molecular weight excluding hydrogens is 802 g/mol. The number of methoxy groups -OCH3 is 1. The summed E-state index contributed by atoms with van der Waals surface area (Å²) >= 11 is 6.70. The molecule has 0 radical (unpaired) electrons. The maximum Gasteiger partial charge on any atom is 0.341 e. The van der Waals surface area contributed by atoms with E-state index in [0.29, 0.717) is 0 Å². The van der Waals surface area contributed by atoms with Gasteiger partial charge in [0.25, 0.3) is 5.91 Å². The zero-order chi connectivity index (χ0) is 43.3. The van der Waals surface area contributed by atoms with Gasteiger partial charge >= 0.3 is 11.9 Å². The molecule has 6 aliphatic rings. The summed E-state index contributed by atoms with van der Waals surface area (Å²) < 4.78 is 41.9. The van der Waals surface area contributed by atoms with Gasteiger partial charge in [-0.15, -0.1) is 0 Å². The summed E-state index contributed by atoms with van der Waals surface area (Å²) in [5.41, 5.74) is 3.86. The summed E-state index contributed by atoms with van der Waals surface area (Å²) in [7, 11) is 4.87. The number of hydrogen-bond donors (Lipinski definition) is 5. The number of nitrogens with one attached hydrogen (secondary N) is 1. The number of esters is 2. The van der Waals surface area contributed by atoms with Gasteiger partial charge in [-0.05, 0) is 69.8 Å². The summed E-state index contributed by atoms with van der Waals surface area (Å²) in [6, 6.07) is 3.83. The number of hydrogen-bond acceptors (Lipinski definition) is 15. The number of amides is 1. The van der Waals surface area contributed by atoms with Crippen molar-refractivity contribution in [3.8, 4) is 46.7 Å². The molecule has 2 aliphatic carbocycles. The van der Waals surface area contributed by atoms with Crippen LogP contribution in [0.3, 0.4) is 0 Å². The Bertz CT molecular complexity index is 2360. The average molecular weight is 844 g/mol. The molecule has 0 spiro atoms. The Kier molecular flexibility index (Phi) is 11.5. The number of nitrogens with two attached hydrogens (primary N) is 1. The Morgan fingerprint density at radius 1 is 1.13 bits per heavy atom. The summed E-state index contributed by atoms with van der Waals surface area (Å²) in [6.07, 6.45) is -1.46. The summed E-state index contributed by atoms with van der Waals surface area (Å²) in [6.45, 7) is 6.50. The first-order valence-corrected chi connectivity index (χ1v) is 19.0. The quantitative estimate of drug-likeness (QED) is 0.161. The van der Waals surface area contributed by atoms with Crippen LogP contribution < -0.4 is 25.3 Å². The number of aliphatic hydroxyl groups is 2. The van der Waals surface area contributed by atoms with Crippen LogP contribution in [0.4, 0.5) is 5.69 Å². The minimum Gasteiger partial charge on any atom is -0.504 e. The number of likely N-dealkylation sites (N-methyl/N-ethyl adjacent to an activating group) is 1. The van der Waals surface area contributed by atoms with Gasteiger partial charge in [0, 0.05) is 23.8 Å². The Morgan fingerprint density at radius 2 is 1.90 bits per heavy atom. The molecule has 4 heterocycles. The predicted molar refractivity (Wildman–Crippen MR) is 214 cm³/mol. The van der Waals surface area contributed by atoms with Crippen LogP contribution in [-0.4, -0.2) is 114 Å². The Morgan fingerprint density at radius 3 is 2.62 bits per heavy atom. The van der Waals surface area contributed by atoms with Crippen LogP contribution in [0, 0.1) is 23.7 Å². The molecule has 0 saturated carbocycles. The van der Waals surface area contributed by atoms with Gasteiger partial charge in [0.1, 0.15) is 24.6 Å². The van der Waals surface area contributed by atoms with E-state index in [1.165, 1.54) is 37.5 Å². The fourth-order valence-corrected chi connectivity index (χ4v) is 7.88. The predicted octanol–water partition coefficient (Wildman–Crippen LogP) is 2.80. The van der Waals surface area contributed by atoms with Crippen LogP contribution >= 0.6 is 11.6 Å². The number of benzene rings is 2. The van der Waals surface area contributed by atoms with E-state index in [4.69, 9.17) is 50.5 Å². The molecular formula is C43H42ClN3O13. The maximum atomic E-state index is 14.1. The fraction of sp³-hybridized carbons (Fsp3) is 0.372. The largest absolute Gasteiger partial charge is 0.504 e. The number of phenols is 1. The molecule has 4 aliphatic heterocycles. The SMILES string of the molecule is C=C1Oc2cc(OC)cc(C(=O)O[C@H]3COC(=O)C[C@H](N)c4cc(O)c(c(Cl)c4)O[C@@H]4C#C/C=C/3C#CC3=CC=CC34O[C@@H]3OC(C)(C)[C@@H](N(C)C)[C@@H](O)[C@H]3O)c2NC1=O. The van der Waals surface area contributed by atoms with Crippen LogP contribution in [0.1, 0.15) is 42.2 Å². The highest BCUT2D eigenvalue weighted by atomic mass is 35.5. The topological polar surface area (TPSA) is 218 Å². The van der Waals surface area contributed by atoms with Gasteiger partial charge < -0.3 is 64.4 Å². The van der Waals surface area contributed by atoms with E-state index in [1.807, 2.05) is 0 Å². The molecule has 60 heavy (non-hydrogen) atoms. The monoisotopic (exact) mass is 843 g/mol. The van der Waals surface area contributed by atoms with E-state index >= 15 is 0 Å². The van der Waals surface area contributed by atoms with E-state index in [-0.39, 0.29) is 62.4 Å². The number of aliphatic hydroxyl groups excluding tert-OH is 2. The zero-order valence-electron chi connectivity index (χ0n) is 33.1. The Labute approximate surface area is 350 Å². The molecule has 2 aromatic rings. The van der Waals surface area contributed by atoms with Crippen molar-refractivity contribution in [1.29, 1.82) is 0 Å². The van der Waals surface area contributed by atoms with E-state index in [2.05, 4.69) is 35.6 Å². The molecule has 17 heteroatoms. The van der Waals surface area contributed by atoms with Gasteiger partial charge in [-0.25, -0.2) is 4.79 Å². The first kappa shape index (κ1) is 42.3. The highest BCUT2D eigenvalue weighted by Crippen LogP contribution is 2.44. The molecule has 1 unspecified atom stereocenters. The van der Waals surface area contributed by atoms with Crippen LogP contribution in [0.15, 0.2) is 72.1 Å². The first-order chi connectivity index (χ1) is 28.4. The smallest absolute Gasteiger partial charge is 0.341 e. The standard InChI is InChI=1S/C43H42ClN3O13/c1-21-39(52)46-34-26(17-25(54-6)18-30(34)56-21)40(53)57-31-20-55-33(49)19-28(45)23-15-27(44)37(29(48)16-23)58-32-11-7-9-22(31)12-13-24-10-8-14-43(24,32)60-41-36(51)35(50)38(47(4)5)42(2,3)59-41/h8-10,14-18,28,31-32,35-36,38,41,48,50-51H,1,19-20,45H2,2-6H3,(H,46,52)/b22-9+/t28-,31-,32+,35-,36+,38-,41-,43?/m0/s1. The second kappa shape index (κ2) is 16.3. The fourth-order valence-electron chi connectivity index (χ4n) is 7.61. The highest BCUT2D eigenvalue weighted by Gasteiger charge is 2.55. The lowest BCUT2D eigenvalue weighted by atomic mass is 9.85. The second-order valence-electron chi connectivity index (χ2n) is 15.2. The third-order valence-corrected chi connectivity index (χ3v) is 10.8. The van der Waals surface area contributed by atoms with Crippen molar-refractivity contribution in [3.63, 3.8) is 0 Å². The average Bonchev–Trinajstić information content (AvgIpc) is 3.60. The minimum absolute atomic E-state index is 0.0160. The van der Waals surface area contributed by atoms with Crippen molar-refractivity contribution in [2.45, 2.75) is 74.3 Å². The number of rotatable bonds is 6. The Balaban J connectivity index is 1.34. The molecule has 314 valence electrons. The number of carbonyl (C=O) groups excluding carboxylic acids is 3. The van der Waals surface area contributed by atoms with Crippen LogP contribution in [0.2, 0.25) is 5.02 Å². The van der Waals surface area contributed by atoms with E-state index < -0.39 is 84.2 Å². The van der Waals surface area contributed by atoms with Gasteiger partial charge in [-0.3, -0.25) is 9.59 Å². The van der Waals surface area contributed by atoms with Crippen molar-refractivity contribution in [2.24, 2.45) is 5.73 Å². The number of halogens is 1. The number of phenolic OH excluding ortho intramolecular Hbond substituents is 1. The number of carbonyl (C=O) groups is 3. The molecule has 2 aromatic carbocycles. The van der Waals surface area contributed by atoms with Crippen LogP contribution in [0.25, 0.3) is 0 Å². The number of fused-ring (bicyclic) bond motifs is 9. The lowest BCUT2D eigenvalue weighted by Gasteiger charge is -2.51. The van der Waals surface area contributed by atoms with Crippen LogP contribution in [0.5, 0.6) is 23.0 Å². The molecule has 1 saturated heterocycles. The molecule has 8 rings (SSSR count). The van der Waals surface area contributed by atoms with Crippen molar-refractivity contribution < 1.29 is 62.9 Å².